The molecule has 0 radical (unpaired) electrons. The van der Waals surface area contributed by atoms with Crippen molar-refractivity contribution in [3.05, 3.63) is 35.4 Å². The van der Waals surface area contributed by atoms with E-state index < -0.39 is 0 Å². The molecule has 1 aromatic rings. The van der Waals surface area contributed by atoms with Crippen LogP contribution in [-0.4, -0.2) is 10.6 Å². The molecule has 0 unspecified atom stereocenters. The van der Waals surface area contributed by atoms with Crippen molar-refractivity contribution in [1.82, 2.24) is 0 Å². The summed E-state index contributed by atoms with van der Waals surface area (Å²) in [5.41, 5.74) is 8.80. The number of phenols is 1. The van der Waals surface area contributed by atoms with E-state index in [1.54, 1.807) is 6.07 Å². The zero-order valence-electron chi connectivity index (χ0n) is 8.54. The van der Waals surface area contributed by atoms with Crippen molar-refractivity contribution in [2.75, 3.05) is 0 Å². The fourth-order valence-electron chi connectivity index (χ4n) is 1.97. The normalized spacial score (nSPS) is 15.2. The van der Waals surface area contributed by atoms with Crippen LogP contribution in [0.5, 0.6) is 5.75 Å². The third-order valence-electron chi connectivity index (χ3n) is 2.62. The highest BCUT2D eigenvalue weighted by atomic mass is 16.3. The summed E-state index contributed by atoms with van der Waals surface area (Å²) >= 11 is 0. The first kappa shape index (κ1) is 9.28. The Hall–Kier alpha value is -1.28. The van der Waals surface area contributed by atoms with Crippen molar-refractivity contribution in [3.8, 4) is 5.75 Å². The minimum absolute atomic E-state index is 0.338. The van der Waals surface area contributed by atoms with Gasteiger partial charge in [0, 0.05) is 11.1 Å². The van der Waals surface area contributed by atoms with Gasteiger partial charge in [0.25, 0.3) is 0 Å². The van der Waals surface area contributed by atoms with E-state index in [9.17, 15) is 5.11 Å². The van der Waals surface area contributed by atoms with Gasteiger partial charge in [-0.05, 0) is 37.5 Å². The Balaban J connectivity index is 2.56. The molecule has 1 aliphatic rings. The maximum absolute atomic E-state index is 9.77. The van der Waals surface area contributed by atoms with Crippen LogP contribution in [0.3, 0.4) is 0 Å². The molecule has 0 spiro atoms. The molecular weight excluding hydrogens is 174 g/mol. The van der Waals surface area contributed by atoms with Crippen molar-refractivity contribution < 1.29 is 5.11 Å². The lowest BCUT2D eigenvalue weighted by Gasteiger charge is -2.22. The molecule has 0 atom stereocenters. The molecule has 2 nitrogen and oxygen atoms in total. The first-order valence-electron chi connectivity index (χ1n) is 4.81. The van der Waals surface area contributed by atoms with E-state index >= 15 is 0 Å². The Morgan fingerprint density at radius 2 is 2.07 bits per heavy atom. The lowest BCUT2D eigenvalue weighted by atomic mass is 9.90. The van der Waals surface area contributed by atoms with Crippen LogP contribution < -0.4 is 5.73 Å². The van der Waals surface area contributed by atoms with Crippen LogP contribution in [0.4, 0.5) is 0 Å². The standard InChI is InChI=1S/C12H15NO/c1-12(2,13)9-7-6-8-4-3-5-10(14)11(8)9/h3-5,7,14H,6,13H2,1-2H3. The second-order valence-electron chi connectivity index (χ2n) is 4.35. The van der Waals surface area contributed by atoms with E-state index in [0.717, 1.165) is 17.6 Å². The number of rotatable bonds is 1. The summed E-state index contributed by atoms with van der Waals surface area (Å²) in [6.07, 6.45) is 2.98. The van der Waals surface area contributed by atoms with Crippen LogP contribution in [-0.2, 0) is 6.42 Å². The number of hydrogen-bond acceptors (Lipinski definition) is 2. The van der Waals surface area contributed by atoms with Gasteiger partial charge in [0.2, 0.25) is 0 Å². The van der Waals surface area contributed by atoms with E-state index in [1.165, 1.54) is 5.56 Å². The third kappa shape index (κ3) is 1.32. The number of aromatic hydroxyl groups is 1. The monoisotopic (exact) mass is 189 g/mol. The van der Waals surface area contributed by atoms with Crippen LogP contribution >= 0.6 is 0 Å². The fraction of sp³-hybridized carbons (Fsp3) is 0.333. The zero-order valence-corrected chi connectivity index (χ0v) is 8.54. The molecule has 1 aliphatic carbocycles. The molecule has 14 heavy (non-hydrogen) atoms. The van der Waals surface area contributed by atoms with E-state index in [2.05, 4.69) is 6.08 Å². The molecule has 0 saturated carbocycles. The maximum atomic E-state index is 9.77. The van der Waals surface area contributed by atoms with Crippen molar-refractivity contribution in [2.24, 2.45) is 5.73 Å². The highest BCUT2D eigenvalue weighted by molar-refractivity contribution is 5.81. The summed E-state index contributed by atoms with van der Waals surface area (Å²) in [6, 6.07) is 5.61. The van der Waals surface area contributed by atoms with Gasteiger partial charge in [-0.25, -0.2) is 0 Å². The number of hydrogen-bond donors (Lipinski definition) is 2. The van der Waals surface area contributed by atoms with Crippen molar-refractivity contribution in [2.45, 2.75) is 25.8 Å². The second-order valence-corrected chi connectivity index (χ2v) is 4.35. The fourth-order valence-corrected chi connectivity index (χ4v) is 1.97. The van der Waals surface area contributed by atoms with Crippen LogP contribution in [0.15, 0.2) is 24.3 Å². The molecule has 2 rings (SSSR count). The molecule has 2 heteroatoms. The second kappa shape index (κ2) is 2.85. The Kier molecular flexibility index (Phi) is 1.89. The summed E-state index contributed by atoms with van der Waals surface area (Å²) in [5, 5.41) is 9.77. The van der Waals surface area contributed by atoms with E-state index in [-0.39, 0.29) is 5.54 Å². The number of allylic oxidation sites excluding steroid dienone is 1. The predicted octanol–water partition coefficient (Wildman–Crippen LogP) is 2.07. The molecule has 0 heterocycles. The SMILES string of the molecule is CC(C)(N)C1=CCc2cccc(O)c21. The molecule has 0 aromatic heterocycles. The van der Waals surface area contributed by atoms with Gasteiger partial charge in [-0.15, -0.1) is 0 Å². The van der Waals surface area contributed by atoms with Gasteiger partial charge >= 0.3 is 0 Å². The molecule has 3 N–H and O–H groups in total. The van der Waals surface area contributed by atoms with Crippen molar-refractivity contribution in [3.63, 3.8) is 0 Å². The summed E-state index contributed by atoms with van der Waals surface area (Å²) in [4.78, 5) is 0. The Bertz CT molecular complexity index is 399. The first-order chi connectivity index (χ1) is 6.50. The summed E-state index contributed by atoms with van der Waals surface area (Å²) in [7, 11) is 0. The van der Waals surface area contributed by atoms with E-state index in [4.69, 9.17) is 5.73 Å². The number of phenolic OH excluding ortho intramolecular Hbond substituents is 1. The molecule has 1 aromatic carbocycles. The topological polar surface area (TPSA) is 46.2 Å². The summed E-state index contributed by atoms with van der Waals surface area (Å²) < 4.78 is 0. The van der Waals surface area contributed by atoms with Crippen LogP contribution in [0.25, 0.3) is 5.57 Å². The van der Waals surface area contributed by atoms with Gasteiger partial charge in [0.1, 0.15) is 5.75 Å². The van der Waals surface area contributed by atoms with E-state index in [0.29, 0.717) is 5.75 Å². The Labute approximate surface area is 84.1 Å². The molecule has 0 aliphatic heterocycles. The van der Waals surface area contributed by atoms with Gasteiger partial charge in [0.15, 0.2) is 0 Å². The summed E-state index contributed by atoms with van der Waals surface area (Å²) in [6.45, 7) is 3.92. The highest BCUT2D eigenvalue weighted by Gasteiger charge is 2.27. The molecule has 0 bridgehead atoms. The largest absolute Gasteiger partial charge is 0.507 e. The van der Waals surface area contributed by atoms with Gasteiger partial charge in [0.05, 0.1) is 0 Å². The minimum atomic E-state index is -0.385. The number of nitrogens with two attached hydrogens (primary N) is 1. The van der Waals surface area contributed by atoms with Gasteiger partial charge < -0.3 is 10.8 Å². The lowest BCUT2D eigenvalue weighted by Crippen LogP contribution is -2.32. The van der Waals surface area contributed by atoms with Crippen LogP contribution in [0.1, 0.15) is 25.0 Å². The highest BCUT2D eigenvalue weighted by Crippen LogP contribution is 2.38. The van der Waals surface area contributed by atoms with Gasteiger partial charge in [-0.2, -0.15) is 0 Å². The molecular formula is C12H15NO. The van der Waals surface area contributed by atoms with E-state index in [1.807, 2.05) is 26.0 Å². The summed E-state index contributed by atoms with van der Waals surface area (Å²) in [5.74, 6) is 0.338. The Morgan fingerprint density at radius 3 is 2.71 bits per heavy atom. The minimum Gasteiger partial charge on any atom is -0.507 e. The van der Waals surface area contributed by atoms with Gasteiger partial charge in [-0.1, -0.05) is 18.2 Å². The zero-order chi connectivity index (χ0) is 10.3. The maximum Gasteiger partial charge on any atom is 0.123 e. The Morgan fingerprint density at radius 1 is 1.36 bits per heavy atom. The molecule has 0 amide bonds. The van der Waals surface area contributed by atoms with Crippen molar-refractivity contribution >= 4 is 5.57 Å². The average Bonchev–Trinajstić information content (AvgIpc) is 2.47. The number of fused-ring (bicyclic) bond motifs is 1. The molecule has 0 fully saturated rings. The number of benzene rings is 1. The quantitative estimate of drug-likeness (QED) is 0.710. The molecule has 74 valence electrons. The molecule has 0 saturated heterocycles. The lowest BCUT2D eigenvalue weighted by molar-refractivity contribution is 0.472. The third-order valence-corrected chi connectivity index (χ3v) is 2.62. The first-order valence-corrected chi connectivity index (χ1v) is 4.81. The van der Waals surface area contributed by atoms with Crippen LogP contribution in [0, 0.1) is 0 Å². The van der Waals surface area contributed by atoms with Crippen molar-refractivity contribution in [1.29, 1.82) is 0 Å². The van der Waals surface area contributed by atoms with Crippen LogP contribution in [0.2, 0.25) is 0 Å². The van der Waals surface area contributed by atoms with Gasteiger partial charge in [-0.3, -0.25) is 0 Å². The average molecular weight is 189 g/mol. The predicted molar refractivity (Wildman–Crippen MR) is 58.1 cm³/mol. The smallest absolute Gasteiger partial charge is 0.123 e.